The van der Waals surface area contributed by atoms with Gasteiger partial charge in [0.1, 0.15) is 11.4 Å². The van der Waals surface area contributed by atoms with Crippen molar-refractivity contribution in [2.24, 2.45) is 0 Å². The second-order valence-corrected chi connectivity index (χ2v) is 7.30. The normalized spacial score (nSPS) is 13.9. The van der Waals surface area contributed by atoms with Crippen molar-refractivity contribution in [1.82, 2.24) is 24.8 Å². The molecule has 0 radical (unpaired) electrons. The second-order valence-electron chi connectivity index (χ2n) is 6.92. The maximum Gasteiger partial charge on any atom is 0.173 e. The third-order valence-corrected chi connectivity index (χ3v) is 5.38. The maximum atomic E-state index is 5.55. The highest BCUT2D eigenvalue weighted by Gasteiger charge is 2.17. The van der Waals surface area contributed by atoms with Crippen molar-refractivity contribution in [1.29, 1.82) is 0 Å². The van der Waals surface area contributed by atoms with E-state index in [2.05, 4.69) is 20.2 Å². The van der Waals surface area contributed by atoms with E-state index >= 15 is 0 Å². The second kappa shape index (κ2) is 7.09. The van der Waals surface area contributed by atoms with Crippen molar-refractivity contribution in [2.45, 2.75) is 12.8 Å². The Morgan fingerprint density at radius 1 is 0.893 bits per heavy atom. The van der Waals surface area contributed by atoms with E-state index in [0.29, 0.717) is 0 Å². The van der Waals surface area contributed by atoms with Crippen LogP contribution in [0.3, 0.4) is 0 Å². The number of hydrogen-bond acceptors (Lipinski definition) is 3. The Balaban J connectivity index is 1.56. The van der Waals surface area contributed by atoms with Gasteiger partial charge in [0.2, 0.25) is 0 Å². The summed E-state index contributed by atoms with van der Waals surface area (Å²) in [6.45, 7) is 2.05. The van der Waals surface area contributed by atoms with Gasteiger partial charge in [0.25, 0.3) is 0 Å². The van der Waals surface area contributed by atoms with Crippen LogP contribution in [-0.2, 0) is 0 Å². The van der Waals surface area contributed by atoms with E-state index in [-0.39, 0.29) is 0 Å². The first-order chi connectivity index (χ1) is 13.8. The Hall–Kier alpha value is -3.19. The van der Waals surface area contributed by atoms with Gasteiger partial charge in [-0.2, -0.15) is 0 Å². The van der Waals surface area contributed by atoms with Crippen LogP contribution in [0.4, 0.5) is 5.69 Å². The first-order valence-corrected chi connectivity index (χ1v) is 9.84. The molecule has 7 heteroatoms. The standard InChI is InChI=1S/C21H20N6S/c28-21(27-11-1-2-12-27)24-14-7-8-15-18(13-14)26-20(17-6-4-10-23-17)19(25-15)16-5-3-9-22-16/h3-10,13,22-23H,1-2,11-12H2,(H,24,28). The largest absolute Gasteiger partial charge is 0.360 e. The number of aromatic amines is 2. The molecule has 140 valence electrons. The highest BCUT2D eigenvalue weighted by Crippen LogP contribution is 2.30. The summed E-state index contributed by atoms with van der Waals surface area (Å²) in [5.41, 5.74) is 6.13. The van der Waals surface area contributed by atoms with Crippen molar-refractivity contribution in [3.05, 3.63) is 54.9 Å². The molecular formula is C21H20N6S. The highest BCUT2D eigenvalue weighted by molar-refractivity contribution is 7.80. The average molecular weight is 389 g/mol. The lowest BCUT2D eigenvalue weighted by Gasteiger charge is -2.19. The van der Waals surface area contributed by atoms with Gasteiger partial charge in [0.05, 0.1) is 22.4 Å². The number of anilines is 1. The van der Waals surface area contributed by atoms with Gasteiger partial charge in [-0.1, -0.05) is 0 Å². The molecule has 1 aliphatic heterocycles. The van der Waals surface area contributed by atoms with Crippen molar-refractivity contribution in [3.8, 4) is 22.8 Å². The Morgan fingerprint density at radius 3 is 2.14 bits per heavy atom. The molecule has 0 spiro atoms. The summed E-state index contributed by atoms with van der Waals surface area (Å²) in [6.07, 6.45) is 6.19. The van der Waals surface area contributed by atoms with E-state index in [4.69, 9.17) is 22.2 Å². The molecule has 0 unspecified atom stereocenters. The summed E-state index contributed by atoms with van der Waals surface area (Å²) in [6, 6.07) is 13.9. The fourth-order valence-corrected chi connectivity index (χ4v) is 3.89. The van der Waals surface area contributed by atoms with Crippen LogP contribution in [0.25, 0.3) is 33.8 Å². The molecule has 0 bridgehead atoms. The zero-order chi connectivity index (χ0) is 18.9. The summed E-state index contributed by atoms with van der Waals surface area (Å²) >= 11 is 5.55. The lowest BCUT2D eigenvalue weighted by Crippen LogP contribution is -2.31. The molecule has 4 aromatic rings. The molecule has 1 fully saturated rings. The SMILES string of the molecule is S=C(Nc1ccc2nc(-c3ccc[nH]3)c(-c3ccc[nH]3)nc2c1)N1CCCC1. The molecule has 4 heterocycles. The molecule has 1 saturated heterocycles. The minimum atomic E-state index is 0.775. The number of hydrogen-bond donors (Lipinski definition) is 3. The number of benzene rings is 1. The summed E-state index contributed by atoms with van der Waals surface area (Å²) in [5.74, 6) is 0. The zero-order valence-corrected chi connectivity index (χ0v) is 16.1. The highest BCUT2D eigenvalue weighted by atomic mass is 32.1. The van der Waals surface area contributed by atoms with Crippen molar-refractivity contribution in [2.75, 3.05) is 18.4 Å². The molecule has 0 aliphatic carbocycles. The fourth-order valence-electron chi connectivity index (χ4n) is 3.59. The van der Waals surface area contributed by atoms with E-state index in [1.165, 1.54) is 12.8 Å². The van der Waals surface area contributed by atoms with Gasteiger partial charge >= 0.3 is 0 Å². The Morgan fingerprint density at radius 2 is 1.54 bits per heavy atom. The lowest BCUT2D eigenvalue weighted by atomic mass is 10.1. The molecule has 28 heavy (non-hydrogen) atoms. The third kappa shape index (κ3) is 3.14. The lowest BCUT2D eigenvalue weighted by molar-refractivity contribution is 0.528. The van der Waals surface area contributed by atoms with Gasteiger partial charge in [-0.3, -0.25) is 0 Å². The van der Waals surface area contributed by atoms with E-state index in [1.54, 1.807) is 0 Å². The number of nitrogens with one attached hydrogen (secondary N) is 3. The van der Waals surface area contributed by atoms with Crippen LogP contribution in [0.2, 0.25) is 0 Å². The van der Waals surface area contributed by atoms with E-state index in [1.807, 2.05) is 54.9 Å². The molecule has 3 aromatic heterocycles. The van der Waals surface area contributed by atoms with Gasteiger partial charge in [-0.15, -0.1) is 0 Å². The number of aromatic nitrogens is 4. The molecular weight excluding hydrogens is 368 g/mol. The van der Waals surface area contributed by atoms with Crippen LogP contribution < -0.4 is 5.32 Å². The Kier molecular flexibility index (Phi) is 4.29. The molecule has 5 rings (SSSR count). The first kappa shape index (κ1) is 16.9. The van der Waals surface area contributed by atoms with Crippen molar-refractivity contribution < 1.29 is 0 Å². The van der Waals surface area contributed by atoms with Crippen LogP contribution in [0.1, 0.15) is 12.8 Å². The molecule has 0 atom stereocenters. The van der Waals surface area contributed by atoms with Gasteiger partial charge in [0, 0.05) is 31.2 Å². The number of fused-ring (bicyclic) bond motifs is 1. The van der Waals surface area contributed by atoms with Crippen LogP contribution in [0.5, 0.6) is 0 Å². The fraction of sp³-hybridized carbons (Fsp3) is 0.190. The number of rotatable bonds is 3. The smallest absolute Gasteiger partial charge is 0.173 e. The molecule has 1 aliphatic rings. The van der Waals surface area contributed by atoms with Gasteiger partial charge < -0.3 is 20.2 Å². The van der Waals surface area contributed by atoms with Crippen molar-refractivity contribution in [3.63, 3.8) is 0 Å². The van der Waals surface area contributed by atoms with E-state index < -0.39 is 0 Å². The molecule has 0 amide bonds. The molecule has 1 aromatic carbocycles. The maximum absolute atomic E-state index is 5.55. The van der Waals surface area contributed by atoms with E-state index in [9.17, 15) is 0 Å². The summed E-state index contributed by atoms with van der Waals surface area (Å²) in [4.78, 5) is 18.5. The number of H-pyrrole nitrogens is 2. The number of thiocarbonyl (C=S) groups is 1. The van der Waals surface area contributed by atoms with Gasteiger partial charge in [-0.05, 0) is 67.5 Å². The monoisotopic (exact) mass is 388 g/mol. The zero-order valence-electron chi connectivity index (χ0n) is 15.3. The van der Waals surface area contributed by atoms with Crippen LogP contribution in [-0.4, -0.2) is 43.0 Å². The molecule has 0 saturated carbocycles. The first-order valence-electron chi connectivity index (χ1n) is 9.43. The van der Waals surface area contributed by atoms with Crippen LogP contribution >= 0.6 is 12.2 Å². The predicted octanol–water partition coefficient (Wildman–Crippen LogP) is 4.41. The summed E-state index contributed by atoms with van der Waals surface area (Å²) in [5, 5.41) is 4.12. The Labute approximate surface area is 168 Å². The van der Waals surface area contributed by atoms with Gasteiger partial charge in [-0.25, -0.2) is 9.97 Å². The number of likely N-dealkylation sites (tertiary alicyclic amines) is 1. The predicted molar refractivity (Wildman–Crippen MR) is 116 cm³/mol. The molecule has 3 N–H and O–H groups in total. The van der Waals surface area contributed by atoms with Gasteiger partial charge in [0.15, 0.2) is 5.11 Å². The van der Waals surface area contributed by atoms with Crippen LogP contribution in [0.15, 0.2) is 54.9 Å². The Bertz CT molecular complexity index is 1110. The summed E-state index contributed by atoms with van der Waals surface area (Å²) < 4.78 is 0. The van der Waals surface area contributed by atoms with Crippen LogP contribution in [0, 0.1) is 0 Å². The van der Waals surface area contributed by atoms with E-state index in [0.717, 1.165) is 57.7 Å². The third-order valence-electron chi connectivity index (χ3n) is 5.01. The minimum Gasteiger partial charge on any atom is -0.360 e. The quantitative estimate of drug-likeness (QED) is 0.453. The average Bonchev–Trinajstić information content (AvgIpc) is 3.50. The minimum absolute atomic E-state index is 0.775. The molecule has 6 nitrogen and oxygen atoms in total. The topological polar surface area (TPSA) is 72.6 Å². The summed E-state index contributed by atoms with van der Waals surface area (Å²) in [7, 11) is 0. The number of nitrogens with zero attached hydrogens (tertiary/aromatic N) is 3. The van der Waals surface area contributed by atoms with Crippen molar-refractivity contribution >= 4 is 34.1 Å².